The third-order valence-electron chi connectivity index (χ3n) is 2.62. The van der Waals surface area contributed by atoms with Crippen molar-refractivity contribution in [3.05, 3.63) is 29.8 Å². The maximum atomic E-state index is 10.7. The second-order valence-electron chi connectivity index (χ2n) is 4.37. The van der Waals surface area contributed by atoms with E-state index in [4.69, 9.17) is 19.3 Å². The van der Waals surface area contributed by atoms with Crippen LogP contribution in [0.25, 0.3) is 0 Å². The summed E-state index contributed by atoms with van der Waals surface area (Å²) in [7, 11) is 0. The minimum absolute atomic E-state index is 0.0878. The van der Waals surface area contributed by atoms with Gasteiger partial charge in [-0.25, -0.2) is 4.79 Å². The summed E-state index contributed by atoms with van der Waals surface area (Å²) in [6.45, 7) is 6.38. The highest BCUT2D eigenvalue weighted by atomic mass is 16.5. The number of carbonyl (C=O) groups is 1. The molecule has 0 fully saturated rings. The number of rotatable bonds is 10. The molecule has 0 radical (unpaired) electrons. The smallest absolute Gasteiger partial charge is 0.335 e. The minimum atomic E-state index is -0.937. The average Bonchev–Trinajstić information content (AvgIpc) is 2.45. The number of ether oxygens (including phenoxy) is 3. The highest BCUT2D eigenvalue weighted by Crippen LogP contribution is 2.12. The van der Waals surface area contributed by atoms with E-state index in [1.54, 1.807) is 12.1 Å². The monoisotopic (exact) mass is 282 g/mol. The zero-order chi connectivity index (χ0) is 14.8. The number of hydrogen-bond donors (Lipinski definition) is 1. The maximum Gasteiger partial charge on any atom is 0.335 e. The van der Waals surface area contributed by atoms with Crippen LogP contribution in [-0.4, -0.2) is 43.6 Å². The van der Waals surface area contributed by atoms with Crippen LogP contribution in [-0.2, 0) is 9.47 Å². The van der Waals surface area contributed by atoms with Crippen molar-refractivity contribution in [1.82, 2.24) is 0 Å². The van der Waals surface area contributed by atoms with Crippen LogP contribution < -0.4 is 4.74 Å². The Morgan fingerprint density at radius 1 is 1.25 bits per heavy atom. The van der Waals surface area contributed by atoms with Gasteiger partial charge in [0.25, 0.3) is 0 Å². The van der Waals surface area contributed by atoms with Gasteiger partial charge < -0.3 is 19.3 Å². The molecule has 0 bridgehead atoms. The van der Waals surface area contributed by atoms with Gasteiger partial charge in [0.1, 0.15) is 5.75 Å². The van der Waals surface area contributed by atoms with E-state index in [2.05, 4.69) is 0 Å². The van der Waals surface area contributed by atoms with Crippen molar-refractivity contribution in [3.63, 3.8) is 0 Å². The molecule has 0 saturated heterocycles. The predicted molar refractivity (Wildman–Crippen MR) is 75.4 cm³/mol. The van der Waals surface area contributed by atoms with Crippen LogP contribution in [0.3, 0.4) is 0 Å². The summed E-state index contributed by atoms with van der Waals surface area (Å²) in [6.07, 6.45) is 0.863. The Bertz CT molecular complexity index is 388. The topological polar surface area (TPSA) is 65.0 Å². The molecule has 0 amide bonds. The van der Waals surface area contributed by atoms with E-state index in [-0.39, 0.29) is 11.7 Å². The summed E-state index contributed by atoms with van der Waals surface area (Å²) in [4.78, 5) is 10.7. The molecule has 5 heteroatoms. The standard InChI is InChI=1S/C15H22O5/c1-3-18-11-12(2)19-9-4-10-20-14-7-5-13(6-8-14)15(16)17/h5-8,12H,3-4,9-11H2,1-2H3,(H,16,17). The maximum absolute atomic E-state index is 10.7. The summed E-state index contributed by atoms with van der Waals surface area (Å²) in [5.74, 6) is -0.273. The molecule has 1 aromatic rings. The molecule has 0 aliphatic heterocycles. The number of hydrogen-bond acceptors (Lipinski definition) is 4. The van der Waals surface area contributed by atoms with Gasteiger partial charge in [0.2, 0.25) is 0 Å². The van der Waals surface area contributed by atoms with Crippen LogP contribution >= 0.6 is 0 Å². The highest BCUT2D eigenvalue weighted by Gasteiger charge is 2.03. The van der Waals surface area contributed by atoms with Gasteiger partial charge in [0.05, 0.1) is 31.5 Å². The van der Waals surface area contributed by atoms with E-state index < -0.39 is 5.97 Å². The van der Waals surface area contributed by atoms with Gasteiger partial charge in [-0.3, -0.25) is 0 Å². The molecule has 0 aliphatic rings. The molecule has 1 rings (SSSR count). The third kappa shape index (κ3) is 6.54. The van der Waals surface area contributed by atoms with Gasteiger partial charge in [-0.1, -0.05) is 0 Å². The normalized spacial score (nSPS) is 12.1. The summed E-state index contributed by atoms with van der Waals surface area (Å²) in [6, 6.07) is 6.36. The lowest BCUT2D eigenvalue weighted by Gasteiger charge is -2.13. The quantitative estimate of drug-likeness (QED) is 0.668. The second kappa shape index (κ2) is 9.34. The van der Waals surface area contributed by atoms with Crippen molar-refractivity contribution in [1.29, 1.82) is 0 Å². The summed E-state index contributed by atoms with van der Waals surface area (Å²) in [5.41, 5.74) is 0.255. The lowest BCUT2D eigenvalue weighted by atomic mass is 10.2. The molecule has 1 N–H and O–H groups in total. The van der Waals surface area contributed by atoms with Crippen molar-refractivity contribution >= 4 is 5.97 Å². The van der Waals surface area contributed by atoms with Gasteiger partial charge in [0.15, 0.2) is 0 Å². The Balaban J connectivity index is 2.13. The van der Waals surface area contributed by atoms with Crippen LogP contribution in [0.4, 0.5) is 0 Å². The fraction of sp³-hybridized carbons (Fsp3) is 0.533. The molecule has 0 heterocycles. The van der Waals surface area contributed by atoms with E-state index >= 15 is 0 Å². The average molecular weight is 282 g/mol. The zero-order valence-corrected chi connectivity index (χ0v) is 12.0. The summed E-state index contributed by atoms with van der Waals surface area (Å²) in [5, 5.41) is 8.77. The van der Waals surface area contributed by atoms with Crippen molar-refractivity contribution in [3.8, 4) is 5.75 Å². The largest absolute Gasteiger partial charge is 0.494 e. The summed E-state index contributed by atoms with van der Waals surface area (Å²) >= 11 is 0. The van der Waals surface area contributed by atoms with E-state index in [0.29, 0.717) is 32.2 Å². The van der Waals surface area contributed by atoms with Gasteiger partial charge in [-0.05, 0) is 38.1 Å². The molecule has 112 valence electrons. The number of carboxylic acid groups (broad SMARTS) is 1. The predicted octanol–water partition coefficient (Wildman–Crippen LogP) is 2.60. The van der Waals surface area contributed by atoms with Crippen LogP contribution in [0, 0.1) is 0 Å². The lowest BCUT2D eigenvalue weighted by molar-refractivity contribution is -0.00666. The number of aromatic carboxylic acids is 1. The lowest BCUT2D eigenvalue weighted by Crippen LogP contribution is -2.17. The molecule has 0 aliphatic carbocycles. The molecular formula is C15H22O5. The van der Waals surface area contributed by atoms with Crippen molar-refractivity contribution in [2.24, 2.45) is 0 Å². The molecule has 1 atom stereocenters. The first-order valence-electron chi connectivity index (χ1n) is 6.79. The SMILES string of the molecule is CCOCC(C)OCCCOc1ccc(C(=O)O)cc1. The number of benzene rings is 1. The van der Waals surface area contributed by atoms with Gasteiger partial charge >= 0.3 is 5.97 Å². The highest BCUT2D eigenvalue weighted by molar-refractivity contribution is 5.87. The van der Waals surface area contributed by atoms with Crippen LogP contribution in [0.15, 0.2) is 24.3 Å². The molecular weight excluding hydrogens is 260 g/mol. The second-order valence-corrected chi connectivity index (χ2v) is 4.37. The van der Waals surface area contributed by atoms with Crippen LogP contribution in [0.2, 0.25) is 0 Å². The first-order valence-corrected chi connectivity index (χ1v) is 6.79. The third-order valence-corrected chi connectivity index (χ3v) is 2.62. The Morgan fingerprint density at radius 2 is 1.95 bits per heavy atom. The van der Waals surface area contributed by atoms with E-state index in [1.807, 2.05) is 13.8 Å². The molecule has 0 aromatic heterocycles. The van der Waals surface area contributed by atoms with Gasteiger partial charge in [0, 0.05) is 13.0 Å². The molecule has 0 saturated carbocycles. The summed E-state index contributed by atoms with van der Waals surface area (Å²) < 4.78 is 16.3. The van der Waals surface area contributed by atoms with E-state index in [9.17, 15) is 4.79 Å². The number of carboxylic acids is 1. The Kier molecular flexibility index (Phi) is 7.69. The van der Waals surface area contributed by atoms with Crippen LogP contribution in [0.1, 0.15) is 30.6 Å². The van der Waals surface area contributed by atoms with Crippen molar-refractivity contribution in [2.45, 2.75) is 26.4 Å². The molecule has 5 nitrogen and oxygen atoms in total. The molecule has 1 unspecified atom stereocenters. The molecule has 1 aromatic carbocycles. The van der Waals surface area contributed by atoms with Crippen LogP contribution in [0.5, 0.6) is 5.75 Å². The van der Waals surface area contributed by atoms with Gasteiger partial charge in [-0.15, -0.1) is 0 Å². The minimum Gasteiger partial charge on any atom is -0.494 e. The Hall–Kier alpha value is -1.59. The first kappa shape index (κ1) is 16.5. The van der Waals surface area contributed by atoms with E-state index in [0.717, 1.165) is 6.42 Å². The fourth-order valence-corrected chi connectivity index (χ4v) is 1.56. The fourth-order valence-electron chi connectivity index (χ4n) is 1.56. The molecule has 20 heavy (non-hydrogen) atoms. The first-order chi connectivity index (χ1) is 9.63. The van der Waals surface area contributed by atoms with E-state index in [1.165, 1.54) is 12.1 Å². The Labute approximate surface area is 119 Å². The van der Waals surface area contributed by atoms with Crippen molar-refractivity contribution < 1.29 is 24.1 Å². The zero-order valence-electron chi connectivity index (χ0n) is 12.0. The molecule has 0 spiro atoms. The Morgan fingerprint density at radius 3 is 2.55 bits per heavy atom. The van der Waals surface area contributed by atoms with Crippen molar-refractivity contribution in [2.75, 3.05) is 26.4 Å². The van der Waals surface area contributed by atoms with Gasteiger partial charge in [-0.2, -0.15) is 0 Å².